The molecule has 0 aromatic heterocycles. The molecule has 1 amide bonds. The maximum Gasteiger partial charge on any atom is 0.414 e. The Balaban J connectivity index is 2.59. The minimum absolute atomic E-state index is 0.122. The highest BCUT2D eigenvalue weighted by atomic mass is 79.9. The smallest absolute Gasteiger partial charge is 0.267 e. The highest BCUT2D eigenvalue weighted by Gasteiger charge is 2.28. The first kappa shape index (κ1) is 14.3. The van der Waals surface area contributed by atoms with Crippen LogP contribution < -0.4 is 5.48 Å². The van der Waals surface area contributed by atoms with Crippen molar-refractivity contribution in [1.82, 2.24) is 5.48 Å². The zero-order valence-electron chi connectivity index (χ0n) is 8.15. The van der Waals surface area contributed by atoms with Crippen molar-refractivity contribution < 1.29 is 22.8 Å². The second-order valence-electron chi connectivity index (χ2n) is 2.96. The number of nitrogens with one attached hydrogen (secondary N) is 1. The van der Waals surface area contributed by atoms with E-state index in [0.717, 1.165) is 0 Å². The number of carbonyl (C=O) groups is 1. The molecule has 0 radical (unpaired) electrons. The van der Waals surface area contributed by atoms with Gasteiger partial charge >= 0.3 is 6.18 Å². The fourth-order valence-corrected chi connectivity index (χ4v) is 1.77. The molecule has 1 aromatic carbocycles. The van der Waals surface area contributed by atoms with Crippen molar-refractivity contribution in [2.75, 3.05) is 6.61 Å². The van der Waals surface area contributed by atoms with Gasteiger partial charge < -0.3 is 0 Å². The largest absolute Gasteiger partial charge is 0.414 e. The second-order valence-corrected chi connectivity index (χ2v) is 4.25. The summed E-state index contributed by atoms with van der Waals surface area (Å²) in [5, 5.41) is 0.393. The van der Waals surface area contributed by atoms with E-state index in [4.69, 9.17) is 11.6 Å². The number of carbonyl (C=O) groups excluding carboxylic acids is 1. The topological polar surface area (TPSA) is 38.3 Å². The number of hydrogen-bond donors (Lipinski definition) is 1. The molecule has 8 heteroatoms. The molecule has 1 rings (SSSR count). The van der Waals surface area contributed by atoms with Gasteiger partial charge in [0.15, 0.2) is 6.61 Å². The summed E-state index contributed by atoms with van der Waals surface area (Å²) in [5.74, 6) is -0.794. The average Bonchev–Trinajstić information content (AvgIpc) is 2.15. The van der Waals surface area contributed by atoms with Gasteiger partial charge in [0.05, 0.1) is 5.56 Å². The Labute approximate surface area is 108 Å². The molecular formula is C9H6BrClF3NO2. The summed E-state index contributed by atoms with van der Waals surface area (Å²) in [7, 11) is 0. The van der Waals surface area contributed by atoms with E-state index in [2.05, 4.69) is 20.8 Å². The number of halogens is 5. The molecule has 0 bridgehead atoms. The zero-order valence-corrected chi connectivity index (χ0v) is 10.5. The van der Waals surface area contributed by atoms with Crippen molar-refractivity contribution in [3.8, 4) is 0 Å². The predicted octanol–water partition coefficient (Wildman–Crippen LogP) is 3.33. The van der Waals surface area contributed by atoms with Gasteiger partial charge in [-0.05, 0) is 34.1 Å². The number of hydroxylamine groups is 1. The highest BCUT2D eigenvalue weighted by molar-refractivity contribution is 9.10. The Hall–Kier alpha value is -0.790. The molecule has 0 saturated carbocycles. The lowest BCUT2D eigenvalue weighted by molar-refractivity contribution is -0.184. The molecule has 17 heavy (non-hydrogen) atoms. The van der Waals surface area contributed by atoms with Crippen molar-refractivity contribution >= 4 is 33.4 Å². The van der Waals surface area contributed by atoms with Crippen LogP contribution in [0.15, 0.2) is 22.7 Å². The fraction of sp³-hybridized carbons (Fsp3) is 0.222. The molecule has 0 saturated heterocycles. The molecule has 0 atom stereocenters. The summed E-state index contributed by atoms with van der Waals surface area (Å²) in [5.41, 5.74) is 1.81. The molecule has 0 heterocycles. The summed E-state index contributed by atoms with van der Waals surface area (Å²) in [6.07, 6.45) is -4.50. The van der Waals surface area contributed by atoms with Crippen LogP contribution in [0.4, 0.5) is 13.2 Å². The third kappa shape index (κ3) is 4.93. The van der Waals surface area contributed by atoms with Gasteiger partial charge in [0.1, 0.15) is 0 Å². The Morgan fingerprint density at radius 3 is 2.65 bits per heavy atom. The molecule has 0 aliphatic rings. The molecule has 1 aromatic rings. The Morgan fingerprint density at radius 2 is 2.12 bits per heavy atom. The van der Waals surface area contributed by atoms with E-state index in [-0.39, 0.29) is 5.56 Å². The van der Waals surface area contributed by atoms with Crippen LogP contribution in [0.25, 0.3) is 0 Å². The summed E-state index contributed by atoms with van der Waals surface area (Å²) in [6.45, 7) is -1.55. The van der Waals surface area contributed by atoms with Crippen LogP contribution in [0, 0.1) is 0 Å². The van der Waals surface area contributed by atoms with Crippen molar-refractivity contribution in [3.05, 3.63) is 33.3 Å². The van der Waals surface area contributed by atoms with E-state index < -0.39 is 18.7 Å². The van der Waals surface area contributed by atoms with E-state index >= 15 is 0 Å². The van der Waals surface area contributed by atoms with Crippen LogP contribution >= 0.6 is 27.5 Å². The van der Waals surface area contributed by atoms with Crippen molar-refractivity contribution in [3.63, 3.8) is 0 Å². The van der Waals surface area contributed by atoms with Gasteiger partial charge in [-0.15, -0.1) is 0 Å². The molecule has 0 spiro atoms. The molecule has 0 fully saturated rings. The van der Waals surface area contributed by atoms with Gasteiger partial charge in [-0.1, -0.05) is 11.6 Å². The van der Waals surface area contributed by atoms with Crippen LogP contribution in [0.2, 0.25) is 5.02 Å². The molecule has 0 aliphatic carbocycles. The summed E-state index contributed by atoms with van der Waals surface area (Å²) in [6, 6.07) is 4.24. The maximum absolute atomic E-state index is 11.7. The van der Waals surface area contributed by atoms with Gasteiger partial charge in [-0.3, -0.25) is 9.63 Å². The van der Waals surface area contributed by atoms with Gasteiger partial charge in [-0.25, -0.2) is 5.48 Å². The molecule has 0 unspecified atom stereocenters. The minimum atomic E-state index is -4.50. The first-order valence-corrected chi connectivity index (χ1v) is 5.40. The van der Waals surface area contributed by atoms with Gasteiger partial charge in [-0.2, -0.15) is 13.2 Å². The van der Waals surface area contributed by atoms with Gasteiger partial charge in [0.25, 0.3) is 5.91 Å². The van der Waals surface area contributed by atoms with Gasteiger partial charge in [0, 0.05) is 9.50 Å². The minimum Gasteiger partial charge on any atom is -0.267 e. The Morgan fingerprint density at radius 1 is 1.47 bits per heavy atom. The monoisotopic (exact) mass is 331 g/mol. The number of amides is 1. The summed E-state index contributed by atoms with van der Waals surface area (Å²) in [4.78, 5) is 15.4. The lowest BCUT2D eigenvalue weighted by Crippen LogP contribution is -2.29. The predicted molar refractivity (Wildman–Crippen MR) is 58.6 cm³/mol. The van der Waals surface area contributed by atoms with Crippen molar-refractivity contribution in [2.45, 2.75) is 6.18 Å². The van der Waals surface area contributed by atoms with Crippen molar-refractivity contribution in [1.29, 1.82) is 0 Å². The van der Waals surface area contributed by atoms with E-state index in [1.165, 1.54) is 18.2 Å². The van der Waals surface area contributed by atoms with E-state index in [1.807, 2.05) is 0 Å². The average molecular weight is 333 g/mol. The van der Waals surface area contributed by atoms with Crippen LogP contribution in [0.5, 0.6) is 0 Å². The standard InChI is InChI=1S/C9H6BrClF3NO2/c10-7-3-5(11)1-2-6(7)8(16)15-17-4-9(12,13)14/h1-3H,4H2,(H,15,16). The van der Waals surface area contributed by atoms with Crippen LogP contribution in [-0.4, -0.2) is 18.7 Å². The summed E-state index contributed by atoms with van der Waals surface area (Å²) < 4.78 is 35.6. The molecule has 94 valence electrons. The molecule has 3 nitrogen and oxygen atoms in total. The quantitative estimate of drug-likeness (QED) is 0.862. The lowest BCUT2D eigenvalue weighted by atomic mass is 10.2. The fourth-order valence-electron chi connectivity index (χ4n) is 0.912. The number of rotatable bonds is 3. The SMILES string of the molecule is O=C(NOCC(F)(F)F)c1ccc(Cl)cc1Br. The van der Waals surface area contributed by atoms with E-state index in [9.17, 15) is 18.0 Å². The number of benzene rings is 1. The lowest BCUT2D eigenvalue weighted by Gasteiger charge is -2.09. The number of hydrogen-bond acceptors (Lipinski definition) is 2. The normalized spacial score (nSPS) is 11.4. The highest BCUT2D eigenvalue weighted by Crippen LogP contribution is 2.21. The second kappa shape index (κ2) is 5.70. The molecule has 0 aliphatic heterocycles. The third-order valence-corrected chi connectivity index (χ3v) is 2.47. The third-order valence-electron chi connectivity index (χ3n) is 1.58. The van der Waals surface area contributed by atoms with Crippen LogP contribution in [0.3, 0.4) is 0 Å². The first-order valence-electron chi connectivity index (χ1n) is 4.23. The van der Waals surface area contributed by atoms with Crippen LogP contribution in [0.1, 0.15) is 10.4 Å². The first-order chi connectivity index (χ1) is 7.79. The number of alkyl halides is 3. The zero-order chi connectivity index (χ0) is 13.1. The summed E-state index contributed by atoms with van der Waals surface area (Å²) >= 11 is 8.70. The van der Waals surface area contributed by atoms with E-state index in [1.54, 1.807) is 5.48 Å². The molecular weight excluding hydrogens is 326 g/mol. The Bertz CT molecular complexity index is 425. The van der Waals surface area contributed by atoms with E-state index in [0.29, 0.717) is 9.50 Å². The molecule has 1 N–H and O–H groups in total. The van der Waals surface area contributed by atoms with Crippen LogP contribution in [-0.2, 0) is 4.84 Å². The maximum atomic E-state index is 11.7. The Kier molecular flexibility index (Phi) is 4.79. The van der Waals surface area contributed by atoms with Gasteiger partial charge in [0.2, 0.25) is 0 Å². The van der Waals surface area contributed by atoms with Crippen molar-refractivity contribution in [2.24, 2.45) is 0 Å².